The number of nitrogens with one attached hydrogen (secondary N) is 1. The highest BCUT2D eigenvalue weighted by molar-refractivity contribution is 7.91. The topological polar surface area (TPSA) is 46.2 Å². The molecule has 2 heterocycles. The van der Waals surface area contributed by atoms with Crippen LogP contribution in [-0.2, 0) is 9.84 Å². The van der Waals surface area contributed by atoms with Gasteiger partial charge < -0.3 is 5.32 Å². The minimum atomic E-state index is -2.96. The van der Waals surface area contributed by atoms with Crippen molar-refractivity contribution >= 4 is 32.8 Å². The molecular weight excluding hydrogens is 266 g/mol. The number of hydrogen-bond donors (Lipinski definition) is 1. The predicted molar refractivity (Wildman–Crippen MR) is 67.9 cm³/mol. The summed E-state index contributed by atoms with van der Waals surface area (Å²) in [5.74, 6) is 0.614. The molecule has 0 aliphatic carbocycles. The predicted octanol–water partition coefficient (Wildman–Crippen LogP) is 2.10. The molecule has 1 N–H and O–H groups in total. The number of sulfone groups is 1. The van der Waals surface area contributed by atoms with Crippen molar-refractivity contribution in [3.8, 4) is 0 Å². The van der Waals surface area contributed by atoms with Crippen molar-refractivity contribution < 1.29 is 8.42 Å². The van der Waals surface area contributed by atoms with E-state index in [1.165, 1.54) is 11.3 Å². The van der Waals surface area contributed by atoms with Gasteiger partial charge in [0.05, 0.1) is 15.8 Å². The normalized spacial score (nSPS) is 29.9. The fraction of sp³-hybridized carbons (Fsp3) is 0.600. The molecule has 0 saturated carbocycles. The fourth-order valence-electron chi connectivity index (χ4n) is 1.94. The summed E-state index contributed by atoms with van der Waals surface area (Å²) in [5.41, 5.74) is 0.979. The van der Waals surface area contributed by atoms with Gasteiger partial charge in [-0.2, -0.15) is 0 Å². The molecule has 16 heavy (non-hydrogen) atoms. The molecule has 2 atom stereocenters. The second kappa shape index (κ2) is 4.64. The van der Waals surface area contributed by atoms with Crippen LogP contribution in [0.1, 0.15) is 18.5 Å². The zero-order valence-electron chi connectivity index (χ0n) is 8.94. The van der Waals surface area contributed by atoms with Crippen LogP contribution in [0.5, 0.6) is 0 Å². The van der Waals surface area contributed by atoms with E-state index in [4.69, 9.17) is 11.6 Å². The number of halogens is 1. The second-order valence-electron chi connectivity index (χ2n) is 4.33. The highest BCUT2D eigenvalue weighted by Crippen LogP contribution is 2.27. The van der Waals surface area contributed by atoms with Crippen LogP contribution in [0, 0.1) is 5.92 Å². The minimum Gasteiger partial charge on any atom is -0.309 e. The van der Waals surface area contributed by atoms with Crippen molar-refractivity contribution in [2.45, 2.75) is 13.0 Å². The van der Waals surface area contributed by atoms with E-state index in [0.717, 1.165) is 12.1 Å². The Morgan fingerprint density at radius 3 is 2.88 bits per heavy atom. The third-order valence-corrected chi connectivity index (χ3v) is 5.69. The summed E-state index contributed by atoms with van der Waals surface area (Å²) < 4.78 is 24.3. The van der Waals surface area contributed by atoms with Crippen LogP contribution in [0.4, 0.5) is 0 Å². The largest absolute Gasteiger partial charge is 0.309 e. The van der Waals surface area contributed by atoms with Gasteiger partial charge in [-0.3, -0.25) is 0 Å². The van der Waals surface area contributed by atoms with Crippen LogP contribution < -0.4 is 5.32 Å². The molecule has 1 aromatic heterocycles. The zero-order chi connectivity index (χ0) is 11.8. The lowest BCUT2D eigenvalue weighted by Gasteiger charge is -2.13. The lowest BCUT2D eigenvalue weighted by Crippen LogP contribution is -2.25. The zero-order valence-corrected chi connectivity index (χ0v) is 11.3. The Morgan fingerprint density at radius 1 is 1.50 bits per heavy atom. The van der Waals surface area contributed by atoms with E-state index < -0.39 is 9.84 Å². The van der Waals surface area contributed by atoms with Gasteiger partial charge in [0.2, 0.25) is 0 Å². The fourth-order valence-corrected chi connectivity index (χ4v) is 4.82. The molecule has 3 nitrogen and oxygen atoms in total. The molecule has 2 unspecified atom stereocenters. The summed E-state index contributed by atoms with van der Waals surface area (Å²) in [7, 11) is -2.96. The van der Waals surface area contributed by atoms with Crippen molar-refractivity contribution in [2.24, 2.45) is 5.92 Å². The lowest BCUT2D eigenvalue weighted by molar-refractivity contribution is 0.518. The monoisotopic (exact) mass is 279 g/mol. The molecule has 1 aromatic rings. The Balaban J connectivity index is 2.23. The van der Waals surface area contributed by atoms with Crippen LogP contribution in [0.2, 0.25) is 4.34 Å². The van der Waals surface area contributed by atoms with E-state index >= 15 is 0 Å². The Kier molecular flexibility index (Phi) is 3.59. The molecule has 90 valence electrons. The second-order valence-corrected chi connectivity index (χ2v) is 8.02. The highest BCUT2D eigenvalue weighted by Gasteiger charge is 2.27. The number of hydrogen-bond acceptors (Lipinski definition) is 4. The highest BCUT2D eigenvalue weighted by atomic mass is 35.5. The molecule has 2 rings (SSSR count). The van der Waals surface area contributed by atoms with Gasteiger partial charge >= 0.3 is 0 Å². The molecular formula is C10H14ClNO2S2. The van der Waals surface area contributed by atoms with E-state index in [2.05, 4.69) is 5.32 Å². The van der Waals surface area contributed by atoms with Gasteiger partial charge in [-0.15, -0.1) is 11.3 Å². The molecule has 1 aliphatic rings. The van der Waals surface area contributed by atoms with Crippen molar-refractivity contribution in [1.82, 2.24) is 5.32 Å². The van der Waals surface area contributed by atoms with E-state index in [1.54, 1.807) is 0 Å². The van der Waals surface area contributed by atoms with E-state index in [9.17, 15) is 8.42 Å². The van der Waals surface area contributed by atoms with Gasteiger partial charge in [-0.05, 0) is 29.5 Å². The van der Waals surface area contributed by atoms with Crippen molar-refractivity contribution in [3.63, 3.8) is 0 Å². The standard InChI is InChI=1S/C10H14ClNO2S2/c1-7-3-12-9(6-16(13,14)5-7)8-2-10(11)15-4-8/h2,4,7,9,12H,3,5-6H2,1H3. The first-order valence-corrected chi connectivity index (χ1v) is 8.22. The van der Waals surface area contributed by atoms with Crippen molar-refractivity contribution in [2.75, 3.05) is 18.1 Å². The third kappa shape index (κ3) is 2.97. The smallest absolute Gasteiger partial charge is 0.152 e. The summed E-state index contributed by atoms with van der Waals surface area (Å²) in [6.07, 6.45) is 0. The molecule has 1 saturated heterocycles. The first-order chi connectivity index (χ1) is 7.46. The van der Waals surface area contributed by atoms with Gasteiger partial charge in [0.25, 0.3) is 0 Å². The molecule has 0 aromatic carbocycles. The minimum absolute atomic E-state index is 0.112. The Morgan fingerprint density at radius 2 is 2.25 bits per heavy atom. The summed E-state index contributed by atoms with van der Waals surface area (Å²) in [4.78, 5) is 0. The van der Waals surface area contributed by atoms with Gasteiger partial charge in [-0.1, -0.05) is 18.5 Å². The Bertz CT molecular complexity index is 469. The van der Waals surface area contributed by atoms with Crippen LogP contribution in [0.25, 0.3) is 0 Å². The van der Waals surface area contributed by atoms with Crippen LogP contribution in [0.15, 0.2) is 11.4 Å². The molecule has 6 heteroatoms. The maximum atomic E-state index is 11.8. The maximum Gasteiger partial charge on any atom is 0.152 e. The molecule has 0 bridgehead atoms. The van der Waals surface area contributed by atoms with Crippen molar-refractivity contribution in [3.05, 3.63) is 21.3 Å². The molecule has 1 aliphatic heterocycles. The van der Waals surface area contributed by atoms with Crippen LogP contribution in [-0.4, -0.2) is 26.5 Å². The van der Waals surface area contributed by atoms with E-state index in [-0.39, 0.29) is 23.5 Å². The molecule has 0 amide bonds. The third-order valence-electron chi connectivity index (χ3n) is 2.66. The maximum absolute atomic E-state index is 11.8. The van der Waals surface area contributed by atoms with Crippen LogP contribution >= 0.6 is 22.9 Å². The number of rotatable bonds is 1. The number of thiophene rings is 1. The quantitative estimate of drug-likeness (QED) is 0.856. The SMILES string of the molecule is CC1CNC(c2csc(Cl)c2)CS(=O)(=O)C1. The van der Waals surface area contributed by atoms with Gasteiger partial charge in [0.15, 0.2) is 9.84 Å². The summed E-state index contributed by atoms with van der Waals surface area (Å²) >= 11 is 7.30. The van der Waals surface area contributed by atoms with Gasteiger partial charge in [0.1, 0.15) is 0 Å². The first kappa shape index (κ1) is 12.4. The average molecular weight is 280 g/mol. The van der Waals surface area contributed by atoms with E-state index in [1.807, 2.05) is 18.4 Å². The first-order valence-electron chi connectivity index (χ1n) is 5.14. The van der Waals surface area contributed by atoms with Gasteiger partial charge in [-0.25, -0.2) is 8.42 Å². The summed E-state index contributed by atoms with van der Waals surface area (Å²) in [6.45, 7) is 2.69. The van der Waals surface area contributed by atoms with E-state index in [0.29, 0.717) is 4.34 Å². The Hall–Kier alpha value is -0.100. The summed E-state index contributed by atoms with van der Waals surface area (Å²) in [5, 5.41) is 5.21. The van der Waals surface area contributed by atoms with Crippen molar-refractivity contribution in [1.29, 1.82) is 0 Å². The lowest BCUT2D eigenvalue weighted by atomic mass is 10.1. The molecule has 1 fully saturated rings. The Labute approximate surface area is 105 Å². The summed E-state index contributed by atoms with van der Waals surface area (Å²) in [6, 6.07) is 1.73. The molecule has 0 radical (unpaired) electrons. The average Bonchev–Trinajstić information content (AvgIpc) is 2.52. The van der Waals surface area contributed by atoms with Gasteiger partial charge in [0, 0.05) is 6.04 Å². The molecule has 0 spiro atoms. The van der Waals surface area contributed by atoms with Crippen LogP contribution in [0.3, 0.4) is 0 Å².